The molecule has 7 nitrogen and oxygen atoms in total. The molecule has 2 aromatic carbocycles. The topological polar surface area (TPSA) is 104 Å². The summed E-state index contributed by atoms with van der Waals surface area (Å²) in [6, 6.07) is 22.7. The first-order valence-corrected chi connectivity index (χ1v) is 12.4. The molecule has 1 aliphatic rings. The maximum absolute atomic E-state index is 13.5. The number of carbonyl (C=O) groups is 2. The fourth-order valence-electron chi connectivity index (χ4n) is 5.03. The van der Waals surface area contributed by atoms with E-state index in [9.17, 15) is 9.59 Å². The highest BCUT2D eigenvalue weighted by atomic mass is 16.2. The molecular weight excluding hydrogens is 450 g/mol. The number of nitrogens with two attached hydrogens (primary N) is 1. The molecule has 4 N–H and O–H groups in total. The van der Waals surface area contributed by atoms with Crippen molar-refractivity contribution in [3.8, 4) is 0 Å². The van der Waals surface area contributed by atoms with Gasteiger partial charge in [-0.05, 0) is 42.5 Å². The number of rotatable bonds is 8. The number of aromatic amines is 1. The van der Waals surface area contributed by atoms with Gasteiger partial charge in [0.15, 0.2) is 0 Å². The van der Waals surface area contributed by atoms with Crippen LogP contribution in [-0.2, 0) is 22.6 Å². The molecular formula is C29H31N5O2. The number of aryl methyl sites for hydroxylation is 1. The number of hydrogen-bond acceptors (Lipinski definition) is 4. The number of nitrogens with one attached hydrogen (secondary N) is 2. The highest BCUT2D eigenvalue weighted by Gasteiger charge is 2.41. The van der Waals surface area contributed by atoms with Gasteiger partial charge in [0.2, 0.25) is 11.8 Å². The summed E-state index contributed by atoms with van der Waals surface area (Å²) in [4.78, 5) is 35.9. The predicted octanol–water partition coefficient (Wildman–Crippen LogP) is 3.52. The molecule has 0 spiro atoms. The zero-order chi connectivity index (χ0) is 24.9. The Morgan fingerprint density at radius 1 is 1.08 bits per heavy atom. The highest BCUT2D eigenvalue weighted by Crippen LogP contribution is 2.32. The third kappa shape index (κ3) is 5.31. The number of H-pyrrole nitrogens is 1. The van der Waals surface area contributed by atoms with Gasteiger partial charge in [0.1, 0.15) is 6.04 Å². The first kappa shape index (κ1) is 23.8. The molecule has 0 saturated carbocycles. The van der Waals surface area contributed by atoms with E-state index in [0.29, 0.717) is 25.9 Å². The van der Waals surface area contributed by atoms with Crippen LogP contribution in [-0.4, -0.2) is 45.3 Å². The predicted molar refractivity (Wildman–Crippen MR) is 140 cm³/mol. The lowest BCUT2D eigenvalue weighted by molar-refractivity contribution is -0.139. The SMILES string of the molecule is N[C@H](CCc1ccccc1)C(=O)N1C[C@@H](c2ccccc2)C[C@H]1C(=O)NCc1cc2cnccc2[nH]1. The fourth-order valence-corrected chi connectivity index (χ4v) is 5.03. The van der Waals surface area contributed by atoms with Crippen molar-refractivity contribution in [1.29, 1.82) is 0 Å². The maximum Gasteiger partial charge on any atom is 0.243 e. The van der Waals surface area contributed by atoms with Crippen molar-refractivity contribution in [1.82, 2.24) is 20.2 Å². The van der Waals surface area contributed by atoms with Gasteiger partial charge in [0.25, 0.3) is 0 Å². The zero-order valence-electron chi connectivity index (χ0n) is 20.1. The van der Waals surface area contributed by atoms with Crippen LogP contribution in [0.5, 0.6) is 0 Å². The van der Waals surface area contributed by atoms with Gasteiger partial charge in [0, 0.05) is 41.5 Å². The molecule has 4 aromatic rings. The van der Waals surface area contributed by atoms with Crippen molar-refractivity contribution in [2.75, 3.05) is 6.54 Å². The van der Waals surface area contributed by atoms with Crippen LogP contribution in [0.4, 0.5) is 0 Å². The van der Waals surface area contributed by atoms with Gasteiger partial charge in [-0.3, -0.25) is 14.6 Å². The largest absolute Gasteiger partial charge is 0.357 e. The van der Waals surface area contributed by atoms with E-state index in [1.807, 2.05) is 60.7 Å². The lowest BCUT2D eigenvalue weighted by Crippen LogP contribution is -2.51. The van der Waals surface area contributed by atoms with Crippen LogP contribution in [0.15, 0.2) is 85.2 Å². The molecule has 2 amide bonds. The molecule has 36 heavy (non-hydrogen) atoms. The Labute approximate surface area is 210 Å². The fraction of sp³-hybridized carbons (Fsp3) is 0.276. The van der Waals surface area contributed by atoms with Crippen molar-refractivity contribution in [3.63, 3.8) is 0 Å². The quantitative estimate of drug-likeness (QED) is 0.358. The van der Waals surface area contributed by atoms with E-state index in [1.165, 1.54) is 0 Å². The summed E-state index contributed by atoms with van der Waals surface area (Å²) >= 11 is 0. The molecule has 2 aromatic heterocycles. The number of likely N-dealkylation sites (tertiary alicyclic amines) is 1. The number of benzene rings is 2. The standard InChI is InChI=1S/C29H31N5O2/c30-25(12-11-20-7-3-1-4-8-20)29(36)34-19-23(21-9-5-2-6-10-21)16-27(34)28(35)32-18-24-15-22-17-31-14-13-26(22)33-24/h1-10,13-15,17,23,25,27,33H,11-12,16,18-19,30H2,(H,32,35)/t23-,25+,27-/m0/s1. The Balaban J connectivity index is 1.28. The van der Waals surface area contributed by atoms with Crippen LogP contribution >= 0.6 is 0 Å². The average molecular weight is 482 g/mol. The van der Waals surface area contributed by atoms with E-state index in [4.69, 9.17) is 5.73 Å². The second kappa shape index (κ2) is 10.7. The van der Waals surface area contributed by atoms with Crippen LogP contribution in [0.1, 0.15) is 35.6 Å². The van der Waals surface area contributed by atoms with Crippen LogP contribution in [0, 0.1) is 0 Å². The summed E-state index contributed by atoms with van der Waals surface area (Å²) in [7, 11) is 0. The molecule has 3 heterocycles. The van der Waals surface area contributed by atoms with Crippen molar-refractivity contribution in [3.05, 3.63) is 102 Å². The van der Waals surface area contributed by atoms with Crippen molar-refractivity contribution < 1.29 is 9.59 Å². The zero-order valence-corrected chi connectivity index (χ0v) is 20.1. The highest BCUT2D eigenvalue weighted by molar-refractivity contribution is 5.90. The van der Waals surface area contributed by atoms with Crippen LogP contribution in [0.2, 0.25) is 0 Å². The first-order chi connectivity index (χ1) is 17.6. The second-order valence-electron chi connectivity index (χ2n) is 9.46. The third-order valence-electron chi connectivity index (χ3n) is 6.99. The number of fused-ring (bicyclic) bond motifs is 1. The molecule has 5 rings (SSSR count). The molecule has 7 heteroatoms. The maximum atomic E-state index is 13.5. The summed E-state index contributed by atoms with van der Waals surface area (Å²) in [5.41, 5.74) is 10.5. The smallest absolute Gasteiger partial charge is 0.243 e. The van der Waals surface area contributed by atoms with Gasteiger partial charge in [-0.25, -0.2) is 0 Å². The van der Waals surface area contributed by atoms with Crippen LogP contribution in [0.3, 0.4) is 0 Å². The van der Waals surface area contributed by atoms with Crippen molar-refractivity contribution in [2.24, 2.45) is 5.73 Å². The Hall–Kier alpha value is -3.97. The monoisotopic (exact) mass is 481 g/mol. The Morgan fingerprint density at radius 2 is 1.83 bits per heavy atom. The van der Waals surface area contributed by atoms with E-state index >= 15 is 0 Å². The summed E-state index contributed by atoms with van der Waals surface area (Å²) < 4.78 is 0. The number of carbonyl (C=O) groups excluding carboxylic acids is 2. The molecule has 0 bridgehead atoms. The number of nitrogens with zero attached hydrogens (tertiary/aromatic N) is 2. The molecule has 0 aliphatic carbocycles. The number of pyridine rings is 1. The molecule has 1 aliphatic heterocycles. The van der Waals surface area contributed by atoms with E-state index in [2.05, 4.69) is 27.4 Å². The van der Waals surface area contributed by atoms with Gasteiger partial charge in [-0.15, -0.1) is 0 Å². The lowest BCUT2D eigenvalue weighted by Gasteiger charge is -2.26. The number of hydrogen-bond donors (Lipinski definition) is 3. The average Bonchev–Trinajstić information content (AvgIpc) is 3.56. The summed E-state index contributed by atoms with van der Waals surface area (Å²) in [5.74, 6) is -0.235. The summed E-state index contributed by atoms with van der Waals surface area (Å²) in [6.45, 7) is 0.833. The van der Waals surface area contributed by atoms with Gasteiger partial charge in [-0.2, -0.15) is 0 Å². The molecule has 3 atom stereocenters. The van der Waals surface area contributed by atoms with Crippen LogP contribution < -0.4 is 11.1 Å². The van der Waals surface area contributed by atoms with Crippen LogP contribution in [0.25, 0.3) is 10.9 Å². The summed E-state index contributed by atoms with van der Waals surface area (Å²) in [6.07, 6.45) is 5.34. The minimum atomic E-state index is -0.656. The third-order valence-corrected chi connectivity index (χ3v) is 6.99. The van der Waals surface area contributed by atoms with Crippen molar-refractivity contribution in [2.45, 2.75) is 43.8 Å². The molecule has 0 unspecified atom stereocenters. The minimum Gasteiger partial charge on any atom is -0.357 e. The Morgan fingerprint density at radius 3 is 2.58 bits per heavy atom. The molecule has 1 saturated heterocycles. The number of aromatic nitrogens is 2. The first-order valence-electron chi connectivity index (χ1n) is 12.4. The van der Waals surface area contributed by atoms with Gasteiger partial charge >= 0.3 is 0 Å². The van der Waals surface area contributed by atoms with Gasteiger partial charge in [-0.1, -0.05) is 60.7 Å². The molecule has 184 valence electrons. The van der Waals surface area contributed by atoms with E-state index in [-0.39, 0.29) is 17.7 Å². The lowest BCUT2D eigenvalue weighted by atomic mass is 9.96. The van der Waals surface area contributed by atoms with Crippen molar-refractivity contribution >= 4 is 22.7 Å². The van der Waals surface area contributed by atoms with Gasteiger partial charge < -0.3 is 20.9 Å². The van der Waals surface area contributed by atoms with Gasteiger partial charge in [0.05, 0.1) is 12.6 Å². The normalized spacial score (nSPS) is 18.3. The molecule has 0 radical (unpaired) electrons. The second-order valence-corrected chi connectivity index (χ2v) is 9.46. The number of amides is 2. The van der Waals surface area contributed by atoms with E-state index < -0.39 is 12.1 Å². The molecule has 1 fully saturated rings. The Kier molecular flexibility index (Phi) is 7.09. The Bertz CT molecular complexity index is 1290. The van der Waals surface area contributed by atoms with E-state index in [0.717, 1.165) is 34.1 Å². The summed E-state index contributed by atoms with van der Waals surface area (Å²) in [5, 5.41) is 4.02. The minimum absolute atomic E-state index is 0.0892. The van der Waals surface area contributed by atoms with E-state index in [1.54, 1.807) is 17.3 Å².